The second-order valence-corrected chi connectivity index (χ2v) is 6.25. The minimum atomic E-state index is -0.366. The number of aryl methyl sites for hydroxylation is 1. The van der Waals surface area contributed by atoms with Gasteiger partial charge in [0.2, 0.25) is 5.91 Å². The lowest BCUT2D eigenvalue weighted by atomic mass is 9.77. The fourth-order valence-corrected chi connectivity index (χ4v) is 3.43. The van der Waals surface area contributed by atoms with Crippen molar-refractivity contribution < 1.29 is 9.90 Å². The van der Waals surface area contributed by atoms with E-state index in [1.165, 1.54) is 5.56 Å². The predicted molar refractivity (Wildman–Crippen MR) is 85.2 cm³/mol. The molecule has 1 aliphatic carbocycles. The molecule has 3 nitrogen and oxygen atoms in total. The van der Waals surface area contributed by atoms with Crippen LogP contribution in [0.2, 0.25) is 0 Å². The van der Waals surface area contributed by atoms with Gasteiger partial charge < -0.3 is 10.4 Å². The number of benzene rings is 1. The summed E-state index contributed by atoms with van der Waals surface area (Å²) in [5, 5.41) is 12.3. The summed E-state index contributed by atoms with van der Waals surface area (Å²) < 4.78 is 0. The highest BCUT2D eigenvalue weighted by Gasteiger charge is 2.43. The number of nitrogens with one attached hydrogen (secondary N) is 1. The maximum atomic E-state index is 12.9. The molecule has 1 fully saturated rings. The number of aliphatic hydroxyl groups is 1. The van der Waals surface area contributed by atoms with Crippen molar-refractivity contribution >= 4 is 5.91 Å². The third kappa shape index (κ3) is 3.46. The average molecular weight is 289 g/mol. The summed E-state index contributed by atoms with van der Waals surface area (Å²) in [7, 11) is 0. The van der Waals surface area contributed by atoms with E-state index in [4.69, 9.17) is 5.11 Å². The molecule has 0 saturated heterocycles. The highest BCUT2D eigenvalue weighted by Crippen LogP contribution is 2.41. The van der Waals surface area contributed by atoms with Crippen LogP contribution in [0.5, 0.6) is 0 Å². The molecular weight excluding hydrogens is 262 g/mol. The van der Waals surface area contributed by atoms with Gasteiger partial charge in [-0.05, 0) is 38.2 Å². The minimum absolute atomic E-state index is 0.0739. The van der Waals surface area contributed by atoms with Crippen molar-refractivity contribution in [3.05, 3.63) is 35.4 Å². The van der Waals surface area contributed by atoms with E-state index in [1.807, 2.05) is 6.07 Å². The van der Waals surface area contributed by atoms with Crippen LogP contribution in [0.1, 0.15) is 56.6 Å². The molecule has 0 bridgehead atoms. The fraction of sp³-hybridized carbons (Fsp3) is 0.611. The van der Waals surface area contributed by atoms with Gasteiger partial charge in [-0.1, -0.05) is 49.6 Å². The first kappa shape index (κ1) is 16.0. The van der Waals surface area contributed by atoms with E-state index in [1.54, 1.807) is 0 Å². The molecule has 1 aliphatic rings. The quantitative estimate of drug-likeness (QED) is 0.845. The Morgan fingerprint density at radius 3 is 2.67 bits per heavy atom. The van der Waals surface area contributed by atoms with Crippen LogP contribution in [-0.2, 0) is 10.2 Å². The summed E-state index contributed by atoms with van der Waals surface area (Å²) >= 11 is 0. The lowest BCUT2D eigenvalue weighted by Gasteiger charge is -2.31. The summed E-state index contributed by atoms with van der Waals surface area (Å²) in [6.07, 6.45) is 5.56. The van der Waals surface area contributed by atoms with Crippen molar-refractivity contribution in [3.8, 4) is 0 Å². The Morgan fingerprint density at radius 2 is 2.10 bits per heavy atom. The molecule has 0 aromatic heterocycles. The SMILES string of the molecule is CCC(CCO)NC(=O)C1(c2cccc(C)c2)CCCC1. The Hall–Kier alpha value is -1.35. The van der Waals surface area contributed by atoms with Crippen LogP contribution in [0.3, 0.4) is 0 Å². The molecule has 1 aromatic rings. The molecular formula is C18H27NO2. The molecule has 2 N–H and O–H groups in total. The van der Waals surface area contributed by atoms with Gasteiger partial charge in [0.25, 0.3) is 0 Å². The third-order valence-electron chi connectivity index (χ3n) is 4.77. The molecule has 1 atom stereocenters. The number of rotatable bonds is 6. The van der Waals surface area contributed by atoms with Gasteiger partial charge in [0.15, 0.2) is 0 Å². The van der Waals surface area contributed by atoms with Crippen molar-refractivity contribution in [1.29, 1.82) is 0 Å². The van der Waals surface area contributed by atoms with Crippen LogP contribution >= 0.6 is 0 Å². The zero-order valence-corrected chi connectivity index (χ0v) is 13.2. The van der Waals surface area contributed by atoms with Crippen molar-refractivity contribution in [2.24, 2.45) is 0 Å². The Labute approximate surface area is 127 Å². The lowest BCUT2D eigenvalue weighted by molar-refractivity contribution is -0.127. The molecule has 21 heavy (non-hydrogen) atoms. The molecule has 116 valence electrons. The van der Waals surface area contributed by atoms with Crippen LogP contribution in [0, 0.1) is 6.92 Å². The van der Waals surface area contributed by atoms with Gasteiger partial charge in [0.05, 0.1) is 5.41 Å². The van der Waals surface area contributed by atoms with Gasteiger partial charge in [-0.15, -0.1) is 0 Å². The topological polar surface area (TPSA) is 49.3 Å². The minimum Gasteiger partial charge on any atom is -0.396 e. The molecule has 1 aromatic carbocycles. The monoisotopic (exact) mass is 289 g/mol. The summed E-state index contributed by atoms with van der Waals surface area (Å²) in [6, 6.07) is 8.43. The molecule has 1 unspecified atom stereocenters. The van der Waals surface area contributed by atoms with Crippen LogP contribution in [-0.4, -0.2) is 23.7 Å². The van der Waals surface area contributed by atoms with Gasteiger partial charge in [0.1, 0.15) is 0 Å². The molecule has 1 amide bonds. The Balaban J connectivity index is 2.23. The number of carbonyl (C=O) groups excluding carboxylic acids is 1. The smallest absolute Gasteiger partial charge is 0.230 e. The highest BCUT2D eigenvalue weighted by molar-refractivity contribution is 5.88. The second kappa shape index (κ2) is 7.08. The van der Waals surface area contributed by atoms with E-state index >= 15 is 0 Å². The van der Waals surface area contributed by atoms with Crippen molar-refractivity contribution in [2.75, 3.05) is 6.61 Å². The molecule has 0 radical (unpaired) electrons. The van der Waals surface area contributed by atoms with E-state index in [0.29, 0.717) is 6.42 Å². The van der Waals surface area contributed by atoms with Gasteiger partial charge >= 0.3 is 0 Å². The first-order chi connectivity index (χ1) is 10.1. The largest absolute Gasteiger partial charge is 0.396 e. The van der Waals surface area contributed by atoms with Gasteiger partial charge in [-0.3, -0.25) is 4.79 Å². The fourth-order valence-electron chi connectivity index (χ4n) is 3.43. The van der Waals surface area contributed by atoms with Crippen molar-refractivity contribution in [3.63, 3.8) is 0 Å². The molecule has 2 rings (SSSR count). The highest BCUT2D eigenvalue weighted by atomic mass is 16.3. The lowest BCUT2D eigenvalue weighted by Crippen LogP contribution is -2.47. The number of amides is 1. The molecule has 0 aliphatic heterocycles. The van der Waals surface area contributed by atoms with Gasteiger partial charge in [-0.25, -0.2) is 0 Å². The normalized spacial score (nSPS) is 18.4. The van der Waals surface area contributed by atoms with Gasteiger partial charge in [-0.2, -0.15) is 0 Å². The van der Waals surface area contributed by atoms with Crippen LogP contribution in [0.25, 0.3) is 0 Å². The number of hydrogen-bond donors (Lipinski definition) is 2. The van der Waals surface area contributed by atoms with Crippen molar-refractivity contribution in [1.82, 2.24) is 5.32 Å². The third-order valence-corrected chi connectivity index (χ3v) is 4.77. The number of aliphatic hydroxyl groups excluding tert-OH is 1. The first-order valence-corrected chi connectivity index (χ1v) is 8.11. The summed E-state index contributed by atoms with van der Waals surface area (Å²) in [4.78, 5) is 12.9. The van der Waals surface area contributed by atoms with E-state index < -0.39 is 0 Å². The van der Waals surface area contributed by atoms with E-state index in [0.717, 1.165) is 37.7 Å². The van der Waals surface area contributed by atoms with E-state index in [2.05, 4.69) is 37.4 Å². The second-order valence-electron chi connectivity index (χ2n) is 6.25. The Morgan fingerprint density at radius 1 is 1.38 bits per heavy atom. The summed E-state index contributed by atoms with van der Waals surface area (Å²) in [6.45, 7) is 4.25. The Kier molecular flexibility index (Phi) is 5.40. The predicted octanol–water partition coefficient (Wildman–Crippen LogP) is 3.08. The van der Waals surface area contributed by atoms with Crippen LogP contribution in [0.15, 0.2) is 24.3 Å². The van der Waals surface area contributed by atoms with E-state index in [9.17, 15) is 4.79 Å². The average Bonchev–Trinajstić information content (AvgIpc) is 2.97. The molecule has 3 heteroatoms. The summed E-state index contributed by atoms with van der Waals surface area (Å²) in [5.41, 5.74) is 1.99. The number of carbonyl (C=O) groups is 1. The Bertz CT molecular complexity index is 478. The van der Waals surface area contributed by atoms with E-state index in [-0.39, 0.29) is 24.0 Å². The van der Waals surface area contributed by atoms with Crippen LogP contribution < -0.4 is 5.32 Å². The maximum Gasteiger partial charge on any atom is 0.230 e. The van der Waals surface area contributed by atoms with Crippen LogP contribution in [0.4, 0.5) is 0 Å². The maximum absolute atomic E-state index is 12.9. The summed E-state index contributed by atoms with van der Waals surface area (Å²) in [5.74, 6) is 0.144. The zero-order chi connectivity index (χ0) is 15.3. The molecule has 1 saturated carbocycles. The molecule has 0 heterocycles. The molecule has 0 spiro atoms. The number of hydrogen-bond acceptors (Lipinski definition) is 2. The first-order valence-electron chi connectivity index (χ1n) is 8.11. The van der Waals surface area contributed by atoms with Gasteiger partial charge in [0, 0.05) is 12.6 Å². The standard InChI is InChI=1S/C18H27NO2/c1-3-16(9-12-20)19-17(21)18(10-4-5-11-18)15-8-6-7-14(2)13-15/h6-8,13,16,20H,3-5,9-12H2,1-2H3,(H,19,21). The zero-order valence-electron chi connectivity index (χ0n) is 13.2. The van der Waals surface area contributed by atoms with Crippen molar-refractivity contribution in [2.45, 2.75) is 63.8 Å².